The molecule has 1 aromatic carbocycles. The minimum atomic E-state index is -0.394. The van der Waals surface area contributed by atoms with E-state index in [4.69, 9.17) is 9.72 Å². The monoisotopic (exact) mass is 438 g/mol. The Morgan fingerprint density at radius 3 is 2.39 bits per heavy atom. The molecule has 0 aliphatic heterocycles. The first kappa shape index (κ1) is 22.7. The number of aromatic nitrogens is 2. The van der Waals surface area contributed by atoms with Gasteiger partial charge < -0.3 is 15.0 Å². The highest BCUT2D eigenvalue weighted by Gasteiger charge is 2.29. The van der Waals surface area contributed by atoms with Crippen LogP contribution in [0.25, 0.3) is 0 Å². The van der Waals surface area contributed by atoms with Gasteiger partial charge in [-0.05, 0) is 48.4 Å². The van der Waals surface area contributed by atoms with Crippen LogP contribution in [0.5, 0.6) is 5.75 Å². The highest BCUT2D eigenvalue weighted by atomic mass is 32.1. The summed E-state index contributed by atoms with van der Waals surface area (Å²) < 4.78 is 5.31. The number of hydrogen-bond donors (Lipinski definition) is 1. The van der Waals surface area contributed by atoms with Crippen molar-refractivity contribution in [1.29, 1.82) is 0 Å². The number of nitrogens with zero attached hydrogens (tertiary/aromatic N) is 3. The topological polar surface area (TPSA) is 67.4 Å². The standard InChI is InChI=1S/C24H30N4O2S/c1-6-20(22(29)26-15-17-11-13-25-14-12-17)28(18-7-9-19(30-5)10-8-18)23-27-21(16-31-23)24(2,3)4/h7-14,16,20H,6,15H2,1-5H3,(H,26,29)/t20-/m1/s1. The van der Waals surface area contributed by atoms with Crippen LogP contribution in [0.3, 0.4) is 0 Å². The molecule has 1 amide bonds. The lowest BCUT2D eigenvalue weighted by atomic mass is 9.93. The maximum Gasteiger partial charge on any atom is 0.243 e. The number of pyridine rings is 1. The van der Waals surface area contributed by atoms with Crippen LogP contribution in [-0.2, 0) is 16.8 Å². The van der Waals surface area contributed by atoms with Gasteiger partial charge in [-0.1, -0.05) is 27.7 Å². The SMILES string of the molecule is CC[C@H](C(=O)NCc1ccncc1)N(c1ccc(OC)cc1)c1nc(C(C)(C)C)cs1. The highest BCUT2D eigenvalue weighted by Crippen LogP contribution is 2.35. The number of ether oxygens (including phenoxy) is 1. The minimum absolute atomic E-state index is 0.0392. The Balaban J connectivity index is 1.92. The molecule has 3 aromatic rings. The Bertz CT molecular complexity index is 981. The number of carbonyl (C=O) groups excluding carboxylic acids is 1. The Morgan fingerprint density at radius 1 is 1.16 bits per heavy atom. The van der Waals surface area contributed by atoms with Crippen LogP contribution in [0.2, 0.25) is 0 Å². The molecular formula is C24H30N4O2S. The summed E-state index contributed by atoms with van der Waals surface area (Å²) in [5.74, 6) is 0.732. The highest BCUT2D eigenvalue weighted by molar-refractivity contribution is 7.13. The number of rotatable bonds is 8. The van der Waals surface area contributed by atoms with Crippen LogP contribution in [-0.4, -0.2) is 29.0 Å². The number of thiazole rings is 1. The Labute approximate surface area is 188 Å². The Kier molecular flexibility index (Phi) is 7.28. The molecule has 6 nitrogen and oxygen atoms in total. The molecule has 0 saturated carbocycles. The first-order chi connectivity index (χ1) is 14.8. The fourth-order valence-electron chi connectivity index (χ4n) is 3.18. The summed E-state index contributed by atoms with van der Waals surface area (Å²) in [4.78, 5) is 24.2. The molecular weight excluding hydrogens is 408 g/mol. The first-order valence-electron chi connectivity index (χ1n) is 10.4. The molecule has 2 heterocycles. The summed E-state index contributed by atoms with van der Waals surface area (Å²) in [7, 11) is 1.64. The fourth-order valence-corrected chi connectivity index (χ4v) is 4.30. The Morgan fingerprint density at radius 2 is 1.84 bits per heavy atom. The van der Waals surface area contributed by atoms with E-state index in [-0.39, 0.29) is 11.3 Å². The van der Waals surface area contributed by atoms with Crippen molar-refractivity contribution in [3.63, 3.8) is 0 Å². The van der Waals surface area contributed by atoms with Gasteiger partial charge in [-0.2, -0.15) is 0 Å². The van der Waals surface area contributed by atoms with Gasteiger partial charge in [0.25, 0.3) is 0 Å². The number of hydrogen-bond acceptors (Lipinski definition) is 6. The van der Waals surface area contributed by atoms with Gasteiger partial charge in [-0.25, -0.2) is 4.98 Å². The minimum Gasteiger partial charge on any atom is -0.497 e. The Hall–Kier alpha value is -2.93. The van der Waals surface area contributed by atoms with Gasteiger partial charge in [-0.15, -0.1) is 11.3 Å². The van der Waals surface area contributed by atoms with Crippen molar-refractivity contribution in [3.8, 4) is 5.75 Å². The lowest BCUT2D eigenvalue weighted by Gasteiger charge is -2.30. The average Bonchev–Trinajstić information content (AvgIpc) is 3.27. The van der Waals surface area contributed by atoms with Gasteiger partial charge in [0.15, 0.2) is 5.13 Å². The van der Waals surface area contributed by atoms with Crippen molar-refractivity contribution in [2.45, 2.75) is 52.1 Å². The van der Waals surface area contributed by atoms with Crippen molar-refractivity contribution in [3.05, 3.63) is 65.4 Å². The van der Waals surface area contributed by atoms with E-state index in [0.29, 0.717) is 13.0 Å². The van der Waals surface area contributed by atoms with Gasteiger partial charge in [0.2, 0.25) is 5.91 Å². The lowest BCUT2D eigenvalue weighted by Crippen LogP contribution is -2.44. The smallest absolute Gasteiger partial charge is 0.243 e. The number of anilines is 2. The van der Waals surface area contributed by atoms with Crippen LogP contribution in [0.1, 0.15) is 45.4 Å². The quantitative estimate of drug-likeness (QED) is 0.531. The van der Waals surface area contributed by atoms with Crippen molar-refractivity contribution in [2.24, 2.45) is 0 Å². The van der Waals surface area contributed by atoms with Gasteiger partial charge in [-0.3, -0.25) is 9.78 Å². The number of methoxy groups -OCH3 is 1. The molecule has 31 heavy (non-hydrogen) atoms. The summed E-state index contributed by atoms with van der Waals surface area (Å²) in [6.45, 7) is 8.90. The molecule has 7 heteroatoms. The van der Waals surface area contributed by atoms with Gasteiger partial charge in [0, 0.05) is 35.4 Å². The largest absolute Gasteiger partial charge is 0.497 e. The molecule has 0 radical (unpaired) electrons. The first-order valence-corrected chi connectivity index (χ1v) is 11.3. The van der Waals surface area contributed by atoms with Gasteiger partial charge in [0.1, 0.15) is 11.8 Å². The van der Waals surface area contributed by atoms with Crippen LogP contribution in [0, 0.1) is 0 Å². The molecule has 0 unspecified atom stereocenters. The molecule has 0 spiro atoms. The van der Waals surface area contributed by atoms with Gasteiger partial charge >= 0.3 is 0 Å². The third-order valence-electron chi connectivity index (χ3n) is 5.03. The van der Waals surface area contributed by atoms with E-state index < -0.39 is 6.04 Å². The lowest BCUT2D eigenvalue weighted by molar-refractivity contribution is -0.122. The second-order valence-corrected chi connectivity index (χ2v) is 9.17. The van der Waals surface area contributed by atoms with Crippen LogP contribution in [0.15, 0.2) is 54.2 Å². The molecule has 0 bridgehead atoms. The normalized spacial score (nSPS) is 12.3. The zero-order chi connectivity index (χ0) is 22.4. The van der Waals surface area contributed by atoms with E-state index in [9.17, 15) is 4.79 Å². The molecule has 164 valence electrons. The summed E-state index contributed by atoms with van der Waals surface area (Å²) in [5.41, 5.74) is 2.86. The third kappa shape index (κ3) is 5.61. The number of benzene rings is 1. The second kappa shape index (κ2) is 9.92. The molecule has 3 rings (SSSR count). The van der Waals surface area contributed by atoms with Gasteiger partial charge in [0.05, 0.1) is 12.8 Å². The predicted molar refractivity (Wildman–Crippen MR) is 126 cm³/mol. The number of carbonyl (C=O) groups is 1. The molecule has 0 aliphatic rings. The molecule has 0 saturated heterocycles. The van der Waals surface area contributed by atoms with Crippen LogP contribution in [0.4, 0.5) is 10.8 Å². The van der Waals surface area contributed by atoms with E-state index in [2.05, 4.69) is 36.5 Å². The molecule has 1 atom stereocenters. The zero-order valence-corrected chi connectivity index (χ0v) is 19.6. The molecule has 1 N–H and O–H groups in total. The second-order valence-electron chi connectivity index (χ2n) is 8.33. The molecule has 2 aromatic heterocycles. The maximum atomic E-state index is 13.2. The summed E-state index contributed by atoms with van der Waals surface area (Å²) in [6, 6.07) is 11.2. The number of nitrogens with one attached hydrogen (secondary N) is 1. The van der Waals surface area contributed by atoms with Crippen molar-refractivity contribution in [1.82, 2.24) is 15.3 Å². The van der Waals surface area contributed by atoms with Crippen molar-refractivity contribution in [2.75, 3.05) is 12.0 Å². The van der Waals surface area contributed by atoms with Crippen molar-refractivity contribution < 1.29 is 9.53 Å². The average molecular weight is 439 g/mol. The van der Waals surface area contributed by atoms with E-state index >= 15 is 0 Å². The van der Waals surface area contributed by atoms with E-state index in [1.165, 1.54) is 0 Å². The van der Waals surface area contributed by atoms with E-state index in [1.54, 1.807) is 30.8 Å². The molecule has 0 aliphatic carbocycles. The fraction of sp³-hybridized carbons (Fsp3) is 0.375. The third-order valence-corrected chi connectivity index (χ3v) is 5.87. The maximum absolute atomic E-state index is 13.2. The zero-order valence-electron chi connectivity index (χ0n) is 18.8. The summed E-state index contributed by atoms with van der Waals surface area (Å²) >= 11 is 1.56. The van der Waals surface area contributed by atoms with E-state index in [1.807, 2.05) is 48.2 Å². The number of amides is 1. The van der Waals surface area contributed by atoms with Crippen LogP contribution < -0.4 is 15.0 Å². The van der Waals surface area contributed by atoms with E-state index in [0.717, 1.165) is 27.8 Å². The van der Waals surface area contributed by atoms with Crippen LogP contribution >= 0.6 is 11.3 Å². The molecule has 0 fully saturated rings. The predicted octanol–water partition coefficient (Wildman–Crippen LogP) is 5.08. The summed E-state index contributed by atoms with van der Waals surface area (Å²) in [6.07, 6.45) is 4.09. The summed E-state index contributed by atoms with van der Waals surface area (Å²) in [5, 5.41) is 5.96. The van der Waals surface area contributed by atoms with Crippen molar-refractivity contribution >= 4 is 28.1 Å².